The summed E-state index contributed by atoms with van der Waals surface area (Å²) in [6.45, 7) is 3.42. The molecule has 4 rings (SSSR count). The molecule has 3 heterocycles. The Hall–Kier alpha value is -3.56. The lowest BCUT2D eigenvalue weighted by Crippen LogP contribution is -2.51. The number of hydrogen-bond acceptors (Lipinski definition) is 4. The molecule has 0 spiro atoms. The fraction of sp³-hybridized carbons (Fsp3) is 0.429. The van der Waals surface area contributed by atoms with Crippen molar-refractivity contribution in [3.63, 3.8) is 0 Å². The average molecular weight is 427 g/mol. The molecule has 10 nitrogen and oxygen atoms in total. The lowest BCUT2D eigenvalue weighted by Gasteiger charge is -2.38. The molecule has 0 saturated carbocycles. The lowest BCUT2D eigenvalue weighted by atomic mass is 10.0. The number of amides is 3. The number of hydrogen-bond donors (Lipinski definition) is 2. The Morgan fingerprint density at radius 3 is 2.45 bits per heavy atom. The zero-order chi connectivity index (χ0) is 22.1. The van der Waals surface area contributed by atoms with Crippen LogP contribution in [0, 0.1) is 0 Å². The summed E-state index contributed by atoms with van der Waals surface area (Å²) in [7, 11) is 0. The van der Waals surface area contributed by atoms with Gasteiger partial charge in [0.25, 0.3) is 0 Å². The van der Waals surface area contributed by atoms with Crippen molar-refractivity contribution < 1.29 is 24.6 Å². The largest absolute Gasteiger partial charge is 0.465 e. The number of aromatic nitrogens is 2. The van der Waals surface area contributed by atoms with E-state index < -0.39 is 18.2 Å². The zero-order valence-corrected chi connectivity index (χ0v) is 17.3. The van der Waals surface area contributed by atoms with Gasteiger partial charge < -0.3 is 15.1 Å². The van der Waals surface area contributed by atoms with Crippen LogP contribution in [0.2, 0.25) is 0 Å². The minimum atomic E-state index is -1.14. The number of rotatable bonds is 3. The van der Waals surface area contributed by atoms with Crippen LogP contribution in [0.5, 0.6) is 0 Å². The van der Waals surface area contributed by atoms with Crippen LogP contribution in [-0.4, -0.2) is 68.7 Å². The first-order valence-electron chi connectivity index (χ1n) is 10.3. The van der Waals surface area contributed by atoms with Crippen molar-refractivity contribution in [2.24, 2.45) is 0 Å². The number of carboxylic acid groups (broad SMARTS) is 2. The molecule has 0 unspecified atom stereocenters. The van der Waals surface area contributed by atoms with Crippen LogP contribution in [0.4, 0.5) is 21.0 Å². The molecule has 1 atom stereocenters. The molecule has 2 aliphatic heterocycles. The quantitative estimate of drug-likeness (QED) is 0.777. The maximum Gasteiger partial charge on any atom is 0.412 e. The summed E-state index contributed by atoms with van der Waals surface area (Å²) < 4.78 is 1.58. The maximum absolute atomic E-state index is 12.5. The van der Waals surface area contributed by atoms with Crippen molar-refractivity contribution in [1.29, 1.82) is 0 Å². The number of fused-ring (bicyclic) bond motifs is 1. The predicted octanol–water partition coefficient (Wildman–Crippen LogP) is 2.93. The van der Waals surface area contributed by atoms with Gasteiger partial charge in [-0.1, -0.05) is 6.07 Å². The molecule has 2 aromatic rings. The summed E-state index contributed by atoms with van der Waals surface area (Å²) in [6, 6.07) is 4.50. The summed E-state index contributed by atoms with van der Waals surface area (Å²) in [5.74, 6) is 0.0305. The predicted molar refractivity (Wildman–Crippen MR) is 113 cm³/mol. The second-order valence-electron chi connectivity index (χ2n) is 7.97. The van der Waals surface area contributed by atoms with Gasteiger partial charge in [-0.25, -0.2) is 9.59 Å². The van der Waals surface area contributed by atoms with Gasteiger partial charge in [-0.3, -0.25) is 19.3 Å². The molecule has 0 radical (unpaired) electrons. The molecule has 0 aliphatic carbocycles. The van der Waals surface area contributed by atoms with E-state index in [0.29, 0.717) is 16.9 Å². The van der Waals surface area contributed by atoms with Gasteiger partial charge in [0.2, 0.25) is 5.91 Å². The Morgan fingerprint density at radius 1 is 1.03 bits per heavy atom. The number of carbonyl (C=O) groups excluding carboxylic acids is 1. The number of benzene rings is 1. The molecule has 164 valence electrons. The van der Waals surface area contributed by atoms with Crippen molar-refractivity contribution in [3.05, 3.63) is 30.6 Å². The zero-order valence-electron chi connectivity index (χ0n) is 17.3. The van der Waals surface area contributed by atoms with E-state index in [4.69, 9.17) is 0 Å². The first-order chi connectivity index (χ1) is 14.8. The smallest absolute Gasteiger partial charge is 0.412 e. The van der Waals surface area contributed by atoms with Gasteiger partial charge in [-0.05, 0) is 43.9 Å². The van der Waals surface area contributed by atoms with E-state index in [2.05, 4.69) is 5.10 Å². The van der Waals surface area contributed by atoms with E-state index in [0.717, 1.165) is 42.8 Å². The molecule has 2 N–H and O–H groups in total. The van der Waals surface area contributed by atoms with Crippen LogP contribution in [0.25, 0.3) is 11.1 Å². The normalized spacial score (nSPS) is 18.6. The Morgan fingerprint density at radius 2 is 1.77 bits per heavy atom. The molecule has 1 fully saturated rings. The van der Waals surface area contributed by atoms with Crippen molar-refractivity contribution in [3.8, 4) is 11.1 Å². The molecule has 0 bridgehead atoms. The second-order valence-corrected chi connectivity index (χ2v) is 7.97. The molecular weight excluding hydrogens is 402 g/mol. The Labute approximate surface area is 179 Å². The Balaban J connectivity index is 1.60. The highest BCUT2D eigenvalue weighted by atomic mass is 16.4. The molecule has 3 amide bonds. The molecule has 10 heteroatoms. The van der Waals surface area contributed by atoms with Gasteiger partial charge in [0.1, 0.15) is 6.54 Å². The standard InChI is InChI=1S/C21H25N5O5/c1-14-11-25(20(28)29)18-9-15(5-6-17(18)26(14)21(30)31)16-10-22-24(12-16)13-19(27)23-7-3-2-4-8-23/h5-6,9-10,12,14H,2-4,7-8,11,13H2,1H3,(H,28,29)(H,30,31)/t14-/m0/s1. The fourth-order valence-electron chi connectivity index (χ4n) is 4.26. The van der Waals surface area contributed by atoms with Gasteiger partial charge in [0.15, 0.2) is 0 Å². The van der Waals surface area contributed by atoms with Gasteiger partial charge in [-0.2, -0.15) is 5.10 Å². The summed E-state index contributed by atoms with van der Waals surface area (Å²) >= 11 is 0. The van der Waals surface area contributed by atoms with Gasteiger partial charge in [0, 0.05) is 24.8 Å². The van der Waals surface area contributed by atoms with Crippen LogP contribution in [-0.2, 0) is 11.3 Å². The van der Waals surface area contributed by atoms with Gasteiger partial charge in [0.05, 0.1) is 30.2 Å². The van der Waals surface area contributed by atoms with Crippen LogP contribution in [0.15, 0.2) is 30.6 Å². The lowest BCUT2D eigenvalue weighted by molar-refractivity contribution is -0.132. The first kappa shape index (κ1) is 20.7. The SMILES string of the molecule is C[C@H]1CN(C(=O)O)c2cc(-c3cnn(CC(=O)N4CCCCC4)c3)ccc2N1C(=O)O. The number of carbonyl (C=O) groups is 3. The van der Waals surface area contributed by atoms with Crippen LogP contribution < -0.4 is 9.80 Å². The highest BCUT2D eigenvalue weighted by Gasteiger charge is 2.35. The number of likely N-dealkylation sites (tertiary alicyclic amines) is 1. The minimum absolute atomic E-state index is 0.0305. The number of nitrogens with zero attached hydrogens (tertiary/aromatic N) is 5. The van der Waals surface area contributed by atoms with Gasteiger partial charge >= 0.3 is 12.2 Å². The number of anilines is 2. The van der Waals surface area contributed by atoms with E-state index in [1.165, 1.54) is 4.90 Å². The van der Waals surface area contributed by atoms with Gasteiger partial charge in [-0.15, -0.1) is 0 Å². The van der Waals surface area contributed by atoms with Crippen LogP contribution in [0.1, 0.15) is 26.2 Å². The molecule has 1 saturated heterocycles. The molecule has 31 heavy (non-hydrogen) atoms. The Bertz CT molecular complexity index is 1010. The summed E-state index contributed by atoms with van der Waals surface area (Å²) in [5.41, 5.74) is 2.05. The fourth-order valence-corrected chi connectivity index (χ4v) is 4.26. The van der Waals surface area contributed by atoms with Crippen LogP contribution >= 0.6 is 0 Å². The van der Waals surface area contributed by atoms with E-state index in [1.807, 2.05) is 4.90 Å². The highest BCUT2D eigenvalue weighted by molar-refractivity contribution is 6.00. The van der Waals surface area contributed by atoms with E-state index >= 15 is 0 Å². The average Bonchev–Trinajstić information content (AvgIpc) is 3.21. The Kier molecular flexibility index (Phi) is 5.53. The molecule has 2 aliphatic rings. The molecular formula is C21H25N5O5. The van der Waals surface area contributed by atoms with Crippen molar-refractivity contribution in [1.82, 2.24) is 14.7 Å². The summed E-state index contributed by atoms with van der Waals surface area (Å²) in [6.07, 6.45) is 4.30. The topological polar surface area (TPSA) is 119 Å². The summed E-state index contributed by atoms with van der Waals surface area (Å²) in [5, 5.41) is 23.5. The van der Waals surface area contributed by atoms with E-state index in [9.17, 15) is 24.6 Å². The van der Waals surface area contributed by atoms with E-state index in [-0.39, 0.29) is 19.0 Å². The third-order valence-corrected chi connectivity index (χ3v) is 5.82. The summed E-state index contributed by atoms with van der Waals surface area (Å²) in [4.78, 5) is 40.2. The minimum Gasteiger partial charge on any atom is -0.465 e. The molecule has 1 aromatic heterocycles. The van der Waals surface area contributed by atoms with Crippen molar-refractivity contribution in [2.75, 3.05) is 29.4 Å². The number of piperidine rings is 1. The van der Waals surface area contributed by atoms with Crippen molar-refractivity contribution in [2.45, 2.75) is 38.8 Å². The highest BCUT2D eigenvalue weighted by Crippen LogP contribution is 2.38. The van der Waals surface area contributed by atoms with E-state index in [1.54, 1.807) is 42.2 Å². The third-order valence-electron chi connectivity index (χ3n) is 5.82. The van der Waals surface area contributed by atoms with Crippen molar-refractivity contribution >= 4 is 29.5 Å². The van der Waals surface area contributed by atoms with Crippen LogP contribution in [0.3, 0.4) is 0 Å². The third kappa shape index (κ3) is 4.05. The first-order valence-corrected chi connectivity index (χ1v) is 10.3. The molecule has 1 aromatic carbocycles. The second kappa shape index (κ2) is 8.29. The maximum atomic E-state index is 12.5. The monoisotopic (exact) mass is 427 g/mol.